The highest BCUT2D eigenvalue weighted by Gasteiger charge is 2.24. The fourth-order valence-corrected chi connectivity index (χ4v) is 3.44. The van der Waals surface area contributed by atoms with E-state index in [1.54, 1.807) is 0 Å². The maximum absolute atomic E-state index is 12.2. The van der Waals surface area contributed by atoms with Crippen molar-refractivity contribution in [3.05, 3.63) is 0 Å². The van der Waals surface area contributed by atoms with E-state index < -0.39 is 0 Å². The highest BCUT2D eigenvalue weighted by atomic mass is 16.1. The SMILES string of the molecule is C#CCN1CCC(C(=O)NCCN2CCCC[C@H]2C)CC1. The second-order valence-electron chi connectivity index (χ2n) is 6.43. The molecule has 4 heteroatoms. The molecular formula is C17H29N3O. The van der Waals surface area contributed by atoms with Crippen LogP contribution in [0.15, 0.2) is 0 Å². The van der Waals surface area contributed by atoms with E-state index in [1.165, 1.54) is 25.8 Å². The van der Waals surface area contributed by atoms with Gasteiger partial charge in [0, 0.05) is 25.0 Å². The number of hydrogen-bond donors (Lipinski definition) is 1. The Bertz CT molecular complexity index is 369. The van der Waals surface area contributed by atoms with E-state index in [2.05, 4.69) is 28.0 Å². The van der Waals surface area contributed by atoms with E-state index in [-0.39, 0.29) is 11.8 Å². The van der Waals surface area contributed by atoms with Gasteiger partial charge >= 0.3 is 0 Å². The maximum atomic E-state index is 12.2. The second-order valence-corrected chi connectivity index (χ2v) is 6.43. The molecule has 2 aliphatic rings. The molecule has 1 atom stereocenters. The van der Waals surface area contributed by atoms with Crippen LogP contribution in [0.3, 0.4) is 0 Å². The first-order valence-corrected chi connectivity index (χ1v) is 8.38. The van der Waals surface area contributed by atoms with Crippen molar-refractivity contribution in [3.63, 3.8) is 0 Å². The molecule has 1 N–H and O–H groups in total. The van der Waals surface area contributed by atoms with Crippen LogP contribution >= 0.6 is 0 Å². The van der Waals surface area contributed by atoms with Gasteiger partial charge in [-0.1, -0.05) is 12.3 Å². The molecular weight excluding hydrogens is 262 g/mol. The average Bonchev–Trinajstić information content (AvgIpc) is 2.50. The molecule has 0 aromatic rings. The average molecular weight is 291 g/mol. The van der Waals surface area contributed by atoms with Gasteiger partial charge < -0.3 is 5.32 Å². The summed E-state index contributed by atoms with van der Waals surface area (Å²) in [4.78, 5) is 16.9. The molecule has 0 spiro atoms. The van der Waals surface area contributed by atoms with Crippen LogP contribution in [0.25, 0.3) is 0 Å². The molecule has 21 heavy (non-hydrogen) atoms. The summed E-state index contributed by atoms with van der Waals surface area (Å²) in [6.45, 7) is 7.86. The Morgan fingerprint density at radius 3 is 2.67 bits per heavy atom. The Morgan fingerprint density at radius 2 is 2.00 bits per heavy atom. The molecule has 2 saturated heterocycles. The standard InChI is InChI=1S/C17H29N3O/c1-3-10-19-12-7-16(8-13-19)17(21)18-9-14-20-11-5-4-6-15(20)2/h1,15-16H,4-14H2,2H3,(H,18,21)/t15-/m1/s1. The third-order valence-electron chi connectivity index (χ3n) is 4.91. The molecule has 2 fully saturated rings. The lowest BCUT2D eigenvalue weighted by Crippen LogP contribution is -2.45. The van der Waals surface area contributed by atoms with Crippen LogP contribution in [0.5, 0.6) is 0 Å². The molecule has 2 heterocycles. The second kappa shape index (κ2) is 8.41. The van der Waals surface area contributed by atoms with Gasteiger partial charge in [0.2, 0.25) is 5.91 Å². The van der Waals surface area contributed by atoms with E-state index >= 15 is 0 Å². The predicted octanol–water partition coefficient (Wildman–Crippen LogP) is 1.32. The number of carbonyl (C=O) groups is 1. The number of piperidine rings is 2. The van der Waals surface area contributed by atoms with Crippen molar-refractivity contribution in [1.82, 2.24) is 15.1 Å². The quantitative estimate of drug-likeness (QED) is 0.776. The third kappa shape index (κ3) is 5.01. The molecule has 2 rings (SSSR count). The van der Waals surface area contributed by atoms with Gasteiger partial charge in [-0.15, -0.1) is 6.42 Å². The minimum atomic E-state index is 0.179. The highest BCUT2D eigenvalue weighted by Crippen LogP contribution is 2.17. The lowest BCUT2D eigenvalue weighted by Gasteiger charge is -2.33. The van der Waals surface area contributed by atoms with Crippen molar-refractivity contribution in [2.24, 2.45) is 5.92 Å². The maximum Gasteiger partial charge on any atom is 0.223 e. The molecule has 1 amide bonds. The zero-order valence-corrected chi connectivity index (χ0v) is 13.3. The van der Waals surface area contributed by atoms with Crippen LogP contribution < -0.4 is 5.32 Å². The summed E-state index contributed by atoms with van der Waals surface area (Å²) in [5, 5.41) is 3.13. The number of nitrogens with one attached hydrogen (secondary N) is 1. The summed E-state index contributed by atoms with van der Waals surface area (Å²) in [6.07, 6.45) is 11.1. The first-order chi connectivity index (χ1) is 10.2. The molecule has 4 nitrogen and oxygen atoms in total. The van der Waals surface area contributed by atoms with Crippen molar-refractivity contribution < 1.29 is 4.79 Å². The molecule has 0 radical (unpaired) electrons. The molecule has 0 aliphatic carbocycles. The van der Waals surface area contributed by atoms with Crippen LogP contribution in [-0.4, -0.2) is 61.0 Å². The number of carbonyl (C=O) groups excluding carboxylic acids is 1. The van der Waals surface area contributed by atoms with E-state index in [9.17, 15) is 4.79 Å². The van der Waals surface area contributed by atoms with Gasteiger partial charge in [-0.25, -0.2) is 0 Å². The largest absolute Gasteiger partial charge is 0.355 e. The lowest BCUT2D eigenvalue weighted by molar-refractivity contribution is -0.126. The van der Waals surface area contributed by atoms with E-state index in [0.29, 0.717) is 12.6 Å². The molecule has 118 valence electrons. The fourth-order valence-electron chi connectivity index (χ4n) is 3.44. The van der Waals surface area contributed by atoms with Crippen molar-refractivity contribution in [2.45, 2.75) is 45.1 Å². The van der Waals surface area contributed by atoms with Crippen molar-refractivity contribution >= 4 is 5.91 Å². The summed E-state index contributed by atoms with van der Waals surface area (Å²) in [6, 6.07) is 0.669. The van der Waals surface area contributed by atoms with Gasteiger partial charge in [-0.2, -0.15) is 0 Å². The number of rotatable bonds is 5. The lowest BCUT2D eigenvalue weighted by atomic mass is 9.96. The van der Waals surface area contributed by atoms with Crippen LogP contribution in [0.2, 0.25) is 0 Å². The van der Waals surface area contributed by atoms with E-state index in [1.807, 2.05) is 0 Å². The summed E-state index contributed by atoms with van der Waals surface area (Å²) in [7, 11) is 0. The van der Waals surface area contributed by atoms with E-state index in [0.717, 1.165) is 39.0 Å². The smallest absolute Gasteiger partial charge is 0.223 e. The Labute approximate surface area is 129 Å². The van der Waals surface area contributed by atoms with Crippen LogP contribution in [0.1, 0.15) is 39.0 Å². The Morgan fingerprint density at radius 1 is 1.24 bits per heavy atom. The van der Waals surface area contributed by atoms with Crippen LogP contribution in [0.4, 0.5) is 0 Å². The number of nitrogens with zero attached hydrogens (tertiary/aromatic N) is 2. The van der Waals surface area contributed by atoms with Gasteiger partial charge in [0.25, 0.3) is 0 Å². The Balaban J connectivity index is 1.63. The van der Waals surface area contributed by atoms with Crippen molar-refractivity contribution in [3.8, 4) is 12.3 Å². The van der Waals surface area contributed by atoms with Gasteiger partial charge in [0.05, 0.1) is 6.54 Å². The third-order valence-corrected chi connectivity index (χ3v) is 4.91. The number of amides is 1. The molecule has 0 bridgehead atoms. The summed E-state index contributed by atoms with van der Waals surface area (Å²) >= 11 is 0. The minimum Gasteiger partial charge on any atom is -0.355 e. The van der Waals surface area contributed by atoms with Gasteiger partial charge in [0.15, 0.2) is 0 Å². The first-order valence-electron chi connectivity index (χ1n) is 8.38. The Hall–Kier alpha value is -1.05. The molecule has 2 aliphatic heterocycles. The van der Waals surface area contributed by atoms with Crippen molar-refractivity contribution in [2.75, 3.05) is 39.3 Å². The predicted molar refractivity (Wildman–Crippen MR) is 85.9 cm³/mol. The Kier molecular flexibility index (Phi) is 6.53. The molecule has 0 aromatic carbocycles. The number of likely N-dealkylation sites (tertiary alicyclic amines) is 2. The number of terminal acetylenes is 1. The molecule has 0 unspecified atom stereocenters. The number of hydrogen-bond acceptors (Lipinski definition) is 3. The summed E-state index contributed by atoms with van der Waals surface area (Å²) in [5.74, 6) is 3.09. The minimum absolute atomic E-state index is 0.179. The van der Waals surface area contributed by atoms with Crippen LogP contribution in [-0.2, 0) is 4.79 Å². The molecule has 0 aromatic heterocycles. The highest BCUT2D eigenvalue weighted by molar-refractivity contribution is 5.78. The zero-order valence-electron chi connectivity index (χ0n) is 13.3. The monoisotopic (exact) mass is 291 g/mol. The van der Waals surface area contributed by atoms with Crippen molar-refractivity contribution in [1.29, 1.82) is 0 Å². The van der Waals surface area contributed by atoms with Gasteiger partial charge in [-0.3, -0.25) is 14.6 Å². The topological polar surface area (TPSA) is 35.6 Å². The summed E-state index contributed by atoms with van der Waals surface area (Å²) in [5.41, 5.74) is 0. The zero-order chi connectivity index (χ0) is 15.1. The van der Waals surface area contributed by atoms with Gasteiger partial charge in [-0.05, 0) is 52.2 Å². The molecule has 0 saturated carbocycles. The fraction of sp³-hybridized carbons (Fsp3) is 0.824. The van der Waals surface area contributed by atoms with Crippen LogP contribution in [0, 0.1) is 18.3 Å². The van der Waals surface area contributed by atoms with Gasteiger partial charge in [0.1, 0.15) is 0 Å². The first kappa shape index (κ1) is 16.3. The summed E-state index contributed by atoms with van der Waals surface area (Å²) < 4.78 is 0. The normalized spacial score (nSPS) is 25.4. The van der Waals surface area contributed by atoms with E-state index in [4.69, 9.17) is 6.42 Å².